The Balaban J connectivity index is 3.26. The molecule has 0 bridgehead atoms. The zero-order valence-electron chi connectivity index (χ0n) is 5.85. The van der Waals surface area contributed by atoms with Crippen LogP contribution in [0.2, 0.25) is 0 Å². The van der Waals surface area contributed by atoms with E-state index in [1.165, 1.54) is 0 Å². The summed E-state index contributed by atoms with van der Waals surface area (Å²) >= 11 is 0. The van der Waals surface area contributed by atoms with Crippen LogP contribution in [0.5, 0.6) is 0 Å². The van der Waals surface area contributed by atoms with E-state index in [9.17, 15) is 4.79 Å². The highest BCUT2D eigenvalue weighted by Gasteiger charge is 2.03. The fourth-order valence-electron chi connectivity index (χ4n) is 0.683. The van der Waals surface area contributed by atoms with Gasteiger partial charge in [-0.1, -0.05) is 6.92 Å². The average molecular weight is 131 g/mol. The van der Waals surface area contributed by atoms with Crippen LogP contribution in [0.25, 0.3) is 0 Å². The van der Waals surface area contributed by atoms with E-state index in [-0.39, 0.29) is 12.5 Å². The Bertz CT molecular complexity index is 93.1. The first-order chi connectivity index (χ1) is 4.16. The van der Waals surface area contributed by atoms with Gasteiger partial charge in [0.05, 0.1) is 6.42 Å². The van der Waals surface area contributed by atoms with Gasteiger partial charge in [-0.2, -0.15) is 0 Å². The topological polar surface area (TPSA) is 49.3 Å². The minimum Gasteiger partial charge on any atom is -0.481 e. The minimum atomic E-state index is -0.747. The SMILES string of the molecule is CCN[C@H](C)CC(=O)O. The molecule has 54 valence electrons. The molecule has 0 radical (unpaired) electrons. The minimum absolute atomic E-state index is 0.0903. The Morgan fingerprint density at radius 1 is 1.78 bits per heavy atom. The molecule has 0 aromatic heterocycles. The monoisotopic (exact) mass is 131 g/mol. The van der Waals surface area contributed by atoms with Gasteiger partial charge in [-0.05, 0) is 13.5 Å². The molecule has 2 N–H and O–H groups in total. The highest BCUT2D eigenvalue weighted by atomic mass is 16.4. The van der Waals surface area contributed by atoms with E-state index in [1.807, 2.05) is 13.8 Å². The van der Waals surface area contributed by atoms with E-state index in [1.54, 1.807) is 0 Å². The van der Waals surface area contributed by atoms with E-state index in [4.69, 9.17) is 5.11 Å². The van der Waals surface area contributed by atoms with Crippen molar-refractivity contribution in [1.29, 1.82) is 0 Å². The first-order valence-electron chi connectivity index (χ1n) is 3.12. The number of carbonyl (C=O) groups is 1. The number of nitrogens with one attached hydrogen (secondary N) is 1. The quantitative estimate of drug-likeness (QED) is 0.582. The van der Waals surface area contributed by atoms with Gasteiger partial charge in [-0.25, -0.2) is 0 Å². The maximum atomic E-state index is 10.0. The van der Waals surface area contributed by atoms with Crippen molar-refractivity contribution in [2.75, 3.05) is 6.54 Å². The van der Waals surface area contributed by atoms with Crippen LogP contribution in [0.15, 0.2) is 0 Å². The van der Waals surface area contributed by atoms with Crippen LogP contribution in [-0.4, -0.2) is 23.7 Å². The second-order valence-corrected chi connectivity index (χ2v) is 2.06. The summed E-state index contributed by atoms with van der Waals surface area (Å²) in [5, 5.41) is 11.3. The zero-order valence-corrected chi connectivity index (χ0v) is 5.85. The van der Waals surface area contributed by atoms with E-state index >= 15 is 0 Å². The van der Waals surface area contributed by atoms with Gasteiger partial charge in [0.25, 0.3) is 0 Å². The van der Waals surface area contributed by atoms with E-state index in [0.29, 0.717) is 0 Å². The molecule has 0 rings (SSSR count). The second kappa shape index (κ2) is 4.32. The van der Waals surface area contributed by atoms with Crippen molar-refractivity contribution in [3.8, 4) is 0 Å². The van der Waals surface area contributed by atoms with Crippen LogP contribution in [-0.2, 0) is 4.79 Å². The predicted molar refractivity (Wildman–Crippen MR) is 35.4 cm³/mol. The second-order valence-electron chi connectivity index (χ2n) is 2.06. The van der Waals surface area contributed by atoms with Gasteiger partial charge in [0, 0.05) is 6.04 Å². The van der Waals surface area contributed by atoms with E-state index < -0.39 is 5.97 Å². The highest BCUT2D eigenvalue weighted by Crippen LogP contribution is 1.87. The third-order valence-corrected chi connectivity index (χ3v) is 1.03. The lowest BCUT2D eigenvalue weighted by atomic mass is 10.2. The molecule has 0 fully saturated rings. The summed E-state index contributed by atoms with van der Waals surface area (Å²) in [6.07, 6.45) is 0.202. The van der Waals surface area contributed by atoms with Crippen molar-refractivity contribution in [2.45, 2.75) is 26.3 Å². The Kier molecular flexibility index (Phi) is 4.05. The molecule has 0 aliphatic heterocycles. The van der Waals surface area contributed by atoms with Gasteiger partial charge in [0.2, 0.25) is 0 Å². The van der Waals surface area contributed by atoms with Gasteiger partial charge in [-0.3, -0.25) is 4.79 Å². The molecule has 0 amide bonds. The van der Waals surface area contributed by atoms with Gasteiger partial charge < -0.3 is 10.4 Å². The highest BCUT2D eigenvalue weighted by molar-refractivity contribution is 5.67. The summed E-state index contributed by atoms with van der Waals surface area (Å²) in [5.74, 6) is -0.747. The van der Waals surface area contributed by atoms with Crippen LogP contribution in [0.1, 0.15) is 20.3 Å². The van der Waals surface area contributed by atoms with Crippen LogP contribution in [0.3, 0.4) is 0 Å². The van der Waals surface area contributed by atoms with E-state index in [0.717, 1.165) is 6.54 Å². The summed E-state index contributed by atoms with van der Waals surface area (Å²) in [4.78, 5) is 10.0. The van der Waals surface area contributed by atoms with Crippen molar-refractivity contribution in [1.82, 2.24) is 5.32 Å². The molecule has 0 unspecified atom stereocenters. The molecule has 0 spiro atoms. The fraction of sp³-hybridized carbons (Fsp3) is 0.833. The number of hydrogen-bond acceptors (Lipinski definition) is 2. The third kappa shape index (κ3) is 5.30. The Labute approximate surface area is 55.1 Å². The van der Waals surface area contributed by atoms with Crippen LogP contribution >= 0.6 is 0 Å². The molecule has 0 saturated heterocycles. The first kappa shape index (κ1) is 8.43. The molecule has 0 aliphatic carbocycles. The third-order valence-electron chi connectivity index (χ3n) is 1.03. The van der Waals surface area contributed by atoms with Crippen molar-refractivity contribution in [2.24, 2.45) is 0 Å². The van der Waals surface area contributed by atoms with Gasteiger partial charge in [-0.15, -0.1) is 0 Å². The van der Waals surface area contributed by atoms with Crippen LogP contribution in [0.4, 0.5) is 0 Å². The Hall–Kier alpha value is -0.570. The Morgan fingerprint density at radius 3 is 2.67 bits per heavy atom. The number of hydrogen-bond donors (Lipinski definition) is 2. The normalized spacial score (nSPS) is 13.1. The largest absolute Gasteiger partial charge is 0.481 e. The van der Waals surface area contributed by atoms with Crippen molar-refractivity contribution < 1.29 is 9.90 Å². The molecular weight excluding hydrogens is 118 g/mol. The maximum absolute atomic E-state index is 10.0. The lowest BCUT2D eigenvalue weighted by molar-refractivity contribution is -0.137. The summed E-state index contributed by atoms with van der Waals surface area (Å²) in [7, 11) is 0. The van der Waals surface area contributed by atoms with Gasteiger partial charge in [0.1, 0.15) is 0 Å². The molecule has 3 nitrogen and oxygen atoms in total. The molecule has 0 aliphatic rings. The molecule has 0 saturated carbocycles. The smallest absolute Gasteiger partial charge is 0.304 e. The fourth-order valence-corrected chi connectivity index (χ4v) is 0.683. The molecule has 0 aromatic rings. The Morgan fingerprint density at radius 2 is 2.33 bits per heavy atom. The average Bonchev–Trinajstić information content (AvgIpc) is 1.63. The standard InChI is InChI=1S/C6H13NO2/c1-3-7-5(2)4-6(8)9/h5,7H,3-4H2,1-2H3,(H,8,9)/t5-/m1/s1. The van der Waals surface area contributed by atoms with Gasteiger partial charge in [0.15, 0.2) is 0 Å². The van der Waals surface area contributed by atoms with E-state index in [2.05, 4.69) is 5.32 Å². The lowest BCUT2D eigenvalue weighted by Gasteiger charge is -2.07. The number of aliphatic carboxylic acids is 1. The molecule has 9 heavy (non-hydrogen) atoms. The summed E-state index contributed by atoms with van der Waals surface area (Å²) < 4.78 is 0. The molecule has 0 heterocycles. The first-order valence-corrected chi connectivity index (χ1v) is 3.12. The number of rotatable bonds is 4. The number of carboxylic acids is 1. The predicted octanol–water partition coefficient (Wildman–Crippen LogP) is 0.459. The molecule has 3 heteroatoms. The lowest BCUT2D eigenvalue weighted by Crippen LogP contribution is -2.27. The molecule has 1 atom stereocenters. The van der Waals surface area contributed by atoms with Crippen LogP contribution < -0.4 is 5.32 Å². The van der Waals surface area contributed by atoms with Gasteiger partial charge >= 0.3 is 5.97 Å². The zero-order chi connectivity index (χ0) is 7.28. The van der Waals surface area contributed by atoms with Crippen molar-refractivity contribution >= 4 is 5.97 Å². The van der Waals surface area contributed by atoms with Crippen LogP contribution in [0, 0.1) is 0 Å². The molecule has 0 aromatic carbocycles. The summed E-state index contributed by atoms with van der Waals surface area (Å²) in [5.41, 5.74) is 0. The van der Waals surface area contributed by atoms with Crippen molar-refractivity contribution in [3.05, 3.63) is 0 Å². The van der Waals surface area contributed by atoms with Crippen molar-refractivity contribution in [3.63, 3.8) is 0 Å². The summed E-state index contributed by atoms with van der Waals surface area (Å²) in [6.45, 7) is 4.64. The maximum Gasteiger partial charge on any atom is 0.304 e. The summed E-state index contributed by atoms with van der Waals surface area (Å²) in [6, 6.07) is 0.0903. The molecular formula is C6H13NO2. The number of carboxylic acid groups (broad SMARTS) is 1.